The summed E-state index contributed by atoms with van der Waals surface area (Å²) in [5, 5.41) is 3.34. The van der Waals surface area contributed by atoms with Crippen LogP contribution in [-0.2, 0) is 13.0 Å². The Bertz CT molecular complexity index is 547. The van der Waals surface area contributed by atoms with E-state index in [4.69, 9.17) is 0 Å². The molecule has 1 aromatic heterocycles. The fourth-order valence-corrected chi connectivity index (χ4v) is 2.36. The van der Waals surface area contributed by atoms with Crippen molar-refractivity contribution in [1.29, 1.82) is 0 Å². The number of rotatable bonds is 6. The van der Waals surface area contributed by atoms with Gasteiger partial charge >= 0.3 is 0 Å². The van der Waals surface area contributed by atoms with Crippen molar-refractivity contribution in [3.8, 4) is 11.1 Å². The van der Waals surface area contributed by atoms with E-state index >= 15 is 0 Å². The topological polar surface area (TPSA) is 24.9 Å². The predicted molar refractivity (Wildman–Crippen MR) is 85.6 cm³/mol. The summed E-state index contributed by atoms with van der Waals surface area (Å²) >= 11 is 0. The maximum absolute atomic E-state index is 4.36. The van der Waals surface area contributed by atoms with E-state index in [0.29, 0.717) is 5.92 Å². The van der Waals surface area contributed by atoms with E-state index in [1.165, 1.54) is 22.3 Å². The van der Waals surface area contributed by atoms with Crippen molar-refractivity contribution in [3.63, 3.8) is 0 Å². The van der Waals surface area contributed by atoms with Crippen molar-refractivity contribution < 1.29 is 0 Å². The Labute approximate surface area is 122 Å². The standard InChI is InChI=1S/C18H24N2/c1-4-19-11-16-10-18(13-20-12-16)17-7-5-6-15(9-17)8-14(2)3/h5-7,9-10,12-14,19H,4,8,11H2,1-3H3. The molecule has 0 aliphatic heterocycles. The number of nitrogens with one attached hydrogen (secondary N) is 1. The molecule has 20 heavy (non-hydrogen) atoms. The Morgan fingerprint density at radius 2 is 1.85 bits per heavy atom. The van der Waals surface area contributed by atoms with Crippen LogP contribution >= 0.6 is 0 Å². The summed E-state index contributed by atoms with van der Waals surface area (Å²) in [4.78, 5) is 4.36. The van der Waals surface area contributed by atoms with Crippen LogP contribution in [0.3, 0.4) is 0 Å². The molecule has 0 spiro atoms. The van der Waals surface area contributed by atoms with Gasteiger partial charge < -0.3 is 5.32 Å². The summed E-state index contributed by atoms with van der Waals surface area (Å²) in [6.45, 7) is 8.49. The van der Waals surface area contributed by atoms with Gasteiger partial charge in [0.15, 0.2) is 0 Å². The Balaban J connectivity index is 2.22. The van der Waals surface area contributed by atoms with Crippen molar-refractivity contribution in [3.05, 3.63) is 53.9 Å². The first-order chi connectivity index (χ1) is 9.69. The van der Waals surface area contributed by atoms with Crippen LogP contribution < -0.4 is 5.32 Å². The number of pyridine rings is 1. The summed E-state index contributed by atoms with van der Waals surface area (Å²) < 4.78 is 0. The van der Waals surface area contributed by atoms with Crippen LogP contribution in [0.15, 0.2) is 42.7 Å². The molecule has 1 aromatic carbocycles. The summed E-state index contributed by atoms with van der Waals surface area (Å²) in [6, 6.07) is 11.0. The van der Waals surface area contributed by atoms with Gasteiger partial charge in [-0.2, -0.15) is 0 Å². The molecule has 0 amide bonds. The smallest absolute Gasteiger partial charge is 0.0346 e. The molecule has 0 aliphatic carbocycles. The third kappa shape index (κ3) is 4.17. The maximum atomic E-state index is 4.36. The first-order valence-corrected chi connectivity index (χ1v) is 7.43. The highest BCUT2D eigenvalue weighted by Crippen LogP contribution is 2.22. The van der Waals surface area contributed by atoms with Crippen LogP contribution in [-0.4, -0.2) is 11.5 Å². The maximum Gasteiger partial charge on any atom is 0.0346 e. The molecular formula is C18H24N2. The molecule has 1 N–H and O–H groups in total. The molecule has 2 nitrogen and oxygen atoms in total. The lowest BCUT2D eigenvalue weighted by Gasteiger charge is -2.09. The lowest BCUT2D eigenvalue weighted by molar-refractivity contribution is 0.647. The van der Waals surface area contributed by atoms with Crippen molar-refractivity contribution in [2.45, 2.75) is 33.7 Å². The normalized spacial score (nSPS) is 11.0. The highest BCUT2D eigenvalue weighted by molar-refractivity contribution is 5.63. The molecular weight excluding hydrogens is 244 g/mol. The van der Waals surface area contributed by atoms with E-state index in [1.54, 1.807) is 0 Å². The molecule has 2 rings (SSSR count). The molecule has 0 saturated carbocycles. The van der Waals surface area contributed by atoms with Crippen molar-refractivity contribution in [2.24, 2.45) is 5.92 Å². The van der Waals surface area contributed by atoms with Crippen LogP contribution in [0.2, 0.25) is 0 Å². The van der Waals surface area contributed by atoms with E-state index in [1.807, 2.05) is 12.4 Å². The van der Waals surface area contributed by atoms with E-state index in [-0.39, 0.29) is 0 Å². The van der Waals surface area contributed by atoms with E-state index in [2.05, 4.69) is 61.4 Å². The third-order valence-electron chi connectivity index (χ3n) is 3.28. The number of hydrogen-bond acceptors (Lipinski definition) is 2. The fourth-order valence-electron chi connectivity index (χ4n) is 2.36. The van der Waals surface area contributed by atoms with Crippen LogP contribution in [0.25, 0.3) is 11.1 Å². The highest BCUT2D eigenvalue weighted by Gasteiger charge is 2.03. The number of nitrogens with zero attached hydrogens (tertiary/aromatic N) is 1. The minimum Gasteiger partial charge on any atom is -0.313 e. The zero-order valence-corrected chi connectivity index (χ0v) is 12.7. The summed E-state index contributed by atoms with van der Waals surface area (Å²) in [6.07, 6.45) is 5.01. The molecule has 0 fully saturated rings. The van der Waals surface area contributed by atoms with Crippen LogP contribution in [0.1, 0.15) is 31.9 Å². The number of benzene rings is 1. The van der Waals surface area contributed by atoms with Gasteiger partial charge in [-0.1, -0.05) is 45.0 Å². The molecule has 0 bridgehead atoms. The van der Waals surface area contributed by atoms with Crippen molar-refractivity contribution in [1.82, 2.24) is 10.3 Å². The minimum absolute atomic E-state index is 0.684. The van der Waals surface area contributed by atoms with E-state index in [0.717, 1.165) is 19.5 Å². The molecule has 0 atom stereocenters. The van der Waals surface area contributed by atoms with Crippen LogP contribution in [0.5, 0.6) is 0 Å². The Hall–Kier alpha value is -1.67. The molecule has 2 aromatic rings. The van der Waals surface area contributed by atoms with Crippen molar-refractivity contribution in [2.75, 3.05) is 6.54 Å². The largest absolute Gasteiger partial charge is 0.313 e. The van der Waals surface area contributed by atoms with Gasteiger partial charge in [-0.05, 0) is 41.6 Å². The van der Waals surface area contributed by atoms with Gasteiger partial charge in [0.2, 0.25) is 0 Å². The monoisotopic (exact) mass is 268 g/mol. The number of aromatic nitrogens is 1. The Kier molecular flexibility index (Phi) is 5.31. The third-order valence-corrected chi connectivity index (χ3v) is 3.28. The van der Waals surface area contributed by atoms with Crippen LogP contribution in [0, 0.1) is 5.92 Å². The minimum atomic E-state index is 0.684. The first kappa shape index (κ1) is 14.7. The van der Waals surface area contributed by atoms with Gasteiger partial charge in [-0.25, -0.2) is 0 Å². The number of hydrogen-bond donors (Lipinski definition) is 1. The van der Waals surface area contributed by atoms with Crippen molar-refractivity contribution >= 4 is 0 Å². The summed E-state index contributed by atoms with van der Waals surface area (Å²) in [5.41, 5.74) is 5.09. The van der Waals surface area contributed by atoms with Gasteiger partial charge in [-0.3, -0.25) is 4.98 Å². The van der Waals surface area contributed by atoms with Crippen LogP contribution in [0.4, 0.5) is 0 Å². The molecule has 2 heteroatoms. The van der Waals surface area contributed by atoms with E-state index in [9.17, 15) is 0 Å². The van der Waals surface area contributed by atoms with Gasteiger partial charge in [-0.15, -0.1) is 0 Å². The average Bonchev–Trinajstić information content (AvgIpc) is 2.45. The molecule has 0 saturated heterocycles. The lowest BCUT2D eigenvalue weighted by atomic mass is 9.98. The second-order valence-electron chi connectivity index (χ2n) is 5.66. The second kappa shape index (κ2) is 7.20. The van der Waals surface area contributed by atoms with Gasteiger partial charge in [0, 0.05) is 24.5 Å². The molecule has 0 aliphatic rings. The molecule has 0 radical (unpaired) electrons. The average molecular weight is 268 g/mol. The molecule has 106 valence electrons. The SMILES string of the molecule is CCNCc1cncc(-c2cccc(CC(C)C)c2)c1. The first-order valence-electron chi connectivity index (χ1n) is 7.43. The lowest BCUT2D eigenvalue weighted by Crippen LogP contribution is -2.11. The zero-order chi connectivity index (χ0) is 14.4. The van der Waals surface area contributed by atoms with Gasteiger partial charge in [0.05, 0.1) is 0 Å². The fraction of sp³-hybridized carbons (Fsp3) is 0.389. The summed E-state index contributed by atoms with van der Waals surface area (Å²) in [5.74, 6) is 0.684. The zero-order valence-electron chi connectivity index (χ0n) is 12.7. The second-order valence-corrected chi connectivity index (χ2v) is 5.66. The highest BCUT2D eigenvalue weighted by atomic mass is 14.8. The quantitative estimate of drug-likeness (QED) is 0.854. The molecule has 1 heterocycles. The van der Waals surface area contributed by atoms with Gasteiger partial charge in [0.1, 0.15) is 0 Å². The summed E-state index contributed by atoms with van der Waals surface area (Å²) in [7, 11) is 0. The van der Waals surface area contributed by atoms with E-state index < -0.39 is 0 Å². The predicted octanol–water partition coefficient (Wildman–Crippen LogP) is 4.06. The molecule has 0 unspecified atom stereocenters. The Morgan fingerprint density at radius 3 is 2.60 bits per heavy atom. The Morgan fingerprint density at radius 1 is 1.05 bits per heavy atom. The van der Waals surface area contributed by atoms with Gasteiger partial charge in [0.25, 0.3) is 0 Å².